The van der Waals surface area contributed by atoms with Crippen molar-refractivity contribution in [2.75, 3.05) is 18.0 Å². The Balaban J connectivity index is 1.33. The van der Waals surface area contributed by atoms with Gasteiger partial charge in [0.1, 0.15) is 5.76 Å². The molecule has 3 fully saturated rings. The summed E-state index contributed by atoms with van der Waals surface area (Å²) < 4.78 is 5.84. The van der Waals surface area contributed by atoms with Crippen LogP contribution >= 0.6 is 0 Å². The van der Waals surface area contributed by atoms with E-state index in [1.807, 2.05) is 12.1 Å². The number of hydrogen-bond donors (Lipinski definition) is 0. The molecule has 0 radical (unpaired) electrons. The van der Waals surface area contributed by atoms with Gasteiger partial charge in [-0.15, -0.1) is 0 Å². The standard InChI is InChI=1S/C20H23N3O3/c24-19-17-13-4-5-14(7-6-13)18(17)20(25)23(19)21-12-15-8-9-16(26-15)22-10-2-1-3-11-22/h4-5,8-9,12-14,17-18H,1-3,6-7,10-11H2/b21-12-/t13-,14-,17-,18+/m0/s1. The van der Waals surface area contributed by atoms with Gasteiger partial charge in [-0.05, 0) is 50.0 Å². The minimum Gasteiger partial charge on any atom is -0.440 e. The molecule has 1 aromatic heterocycles. The third-order valence-corrected chi connectivity index (χ3v) is 6.32. The van der Waals surface area contributed by atoms with Gasteiger partial charge in [-0.3, -0.25) is 9.59 Å². The second kappa shape index (κ2) is 6.11. The highest BCUT2D eigenvalue weighted by atomic mass is 16.4. The molecule has 0 aromatic carbocycles. The molecule has 3 aliphatic carbocycles. The Labute approximate surface area is 152 Å². The number of carbonyl (C=O) groups is 2. The number of hydrogen-bond acceptors (Lipinski definition) is 5. The lowest BCUT2D eigenvalue weighted by atomic mass is 9.63. The zero-order valence-corrected chi connectivity index (χ0v) is 14.7. The molecule has 4 atom stereocenters. The number of piperidine rings is 1. The average Bonchev–Trinajstić information content (AvgIpc) is 3.27. The Morgan fingerprint density at radius 3 is 2.23 bits per heavy atom. The number of carbonyl (C=O) groups excluding carboxylic acids is 2. The van der Waals surface area contributed by atoms with Crippen LogP contribution in [0.1, 0.15) is 37.9 Å². The SMILES string of the molecule is O=C1[C@@H]2[C@H](C(=O)N1/N=C\c1ccc(N3CCCCC3)o1)[C@H]1C=C[C@H]2CC1. The predicted octanol–water partition coefficient (Wildman–Crippen LogP) is 2.80. The van der Waals surface area contributed by atoms with E-state index in [0.29, 0.717) is 5.76 Å². The molecule has 136 valence electrons. The summed E-state index contributed by atoms with van der Waals surface area (Å²) in [4.78, 5) is 27.7. The van der Waals surface area contributed by atoms with Crippen LogP contribution in [-0.4, -0.2) is 36.1 Å². The van der Waals surface area contributed by atoms with Gasteiger partial charge in [-0.25, -0.2) is 0 Å². The zero-order valence-electron chi connectivity index (χ0n) is 14.7. The summed E-state index contributed by atoms with van der Waals surface area (Å²) in [6.07, 6.45) is 11.3. The van der Waals surface area contributed by atoms with Gasteiger partial charge in [0.2, 0.25) is 0 Å². The molecular formula is C20H23N3O3. The fourth-order valence-electron chi connectivity index (χ4n) is 4.98. The van der Waals surface area contributed by atoms with Gasteiger partial charge in [-0.2, -0.15) is 10.1 Å². The van der Waals surface area contributed by atoms with Crippen molar-refractivity contribution in [3.05, 3.63) is 30.0 Å². The van der Waals surface area contributed by atoms with E-state index >= 15 is 0 Å². The molecule has 6 heteroatoms. The number of allylic oxidation sites excluding steroid dienone is 2. The topological polar surface area (TPSA) is 66.1 Å². The Morgan fingerprint density at radius 1 is 0.962 bits per heavy atom. The maximum Gasteiger partial charge on any atom is 0.254 e. The van der Waals surface area contributed by atoms with E-state index in [-0.39, 0.29) is 35.5 Å². The van der Waals surface area contributed by atoms with E-state index in [9.17, 15) is 9.59 Å². The van der Waals surface area contributed by atoms with Crippen molar-refractivity contribution in [1.29, 1.82) is 0 Å². The lowest BCUT2D eigenvalue weighted by Gasteiger charge is -2.37. The molecule has 2 bridgehead atoms. The van der Waals surface area contributed by atoms with Gasteiger partial charge in [0, 0.05) is 19.2 Å². The number of nitrogens with zero attached hydrogens (tertiary/aromatic N) is 3. The summed E-state index contributed by atoms with van der Waals surface area (Å²) in [5.41, 5.74) is 0. The van der Waals surface area contributed by atoms with Gasteiger partial charge in [0.05, 0.1) is 18.1 Å². The summed E-state index contributed by atoms with van der Waals surface area (Å²) in [5.74, 6) is 1.04. The van der Waals surface area contributed by atoms with Crippen LogP contribution < -0.4 is 4.90 Å². The van der Waals surface area contributed by atoms with Crippen molar-refractivity contribution in [3.8, 4) is 0 Å². The summed E-state index contributed by atoms with van der Waals surface area (Å²) >= 11 is 0. The van der Waals surface area contributed by atoms with Crippen molar-refractivity contribution in [2.24, 2.45) is 28.8 Å². The van der Waals surface area contributed by atoms with Crippen LogP contribution in [0.5, 0.6) is 0 Å². The monoisotopic (exact) mass is 353 g/mol. The molecule has 3 heterocycles. The first-order valence-corrected chi connectivity index (χ1v) is 9.67. The first-order valence-electron chi connectivity index (χ1n) is 9.67. The highest BCUT2D eigenvalue weighted by Gasteiger charge is 2.56. The number of imide groups is 1. The van der Waals surface area contributed by atoms with Crippen LogP contribution in [0.3, 0.4) is 0 Å². The highest BCUT2D eigenvalue weighted by molar-refractivity contribution is 6.06. The Hall–Kier alpha value is -2.37. The number of rotatable bonds is 3. The third kappa shape index (κ3) is 2.42. The van der Waals surface area contributed by atoms with Gasteiger partial charge in [0.25, 0.3) is 11.8 Å². The van der Waals surface area contributed by atoms with E-state index < -0.39 is 0 Å². The Morgan fingerprint density at radius 2 is 1.62 bits per heavy atom. The van der Waals surface area contributed by atoms with E-state index in [0.717, 1.165) is 36.8 Å². The zero-order chi connectivity index (χ0) is 17.7. The molecule has 2 amide bonds. The third-order valence-electron chi connectivity index (χ3n) is 6.32. The van der Waals surface area contributed by atoms with Crippen molar-refractivity contribution < 1.29 is 14.0 Å². The predicted molar refractivity (Wildman–Crippen MR) is 96.6 cm³/mol. The minimum absolute atomic E-state index is 0.155. The van der Waals surface area contributed by atoms with E-state index in [2.05, 4.69) is 22.2 Å². The molecule has 1 saturated carbocycles. The summed E-state index contributed by atoms with van der Waals surface area (Å²) in [5, 5.41) is 5.28. The lowest BCUT2D eigenvalue weighted by molar-refractivity contribution is -0.140. The van der Waals surface area contributed by atoms with Crippen LogP contribution in [-0.2, 0) is 9.59 Å². The fraction of sp³-hybridized carbons (Fsp3) is 0.550. The fourth-order valence-corrected chi connectivity index (χ4v) is 4.98. The van der Waals surface area contributed by atoms with Crippen LogP contribution in [0, 0.1) is 23.7 Å². The summed E-state index contributed by atoms with van der Waals surface area (Å²) in [6, 6.07) is 3.78. The van der Waals surface area contributed by atoms with Crippen molar-refractivity contribution in [1.82, 2.24) is 5.01 Å². The molecule has 0 unspecified atom stereocenters. The molecule has 0 N–H and O–H groups in total. The van der Waals surface area contributed by atoms with Crippen molar-refractivity contribution in [3.63, 3.8) is 0 Å². The van der Waals surface area contributed by atoms with E-state index in [4.69, 9.17) is 4.42 Å². The molecule has 26 heavy (non-hydrogen) atoms. The second-order valence-corrected chi connectivity index (χ2v) is 7.80. The van der Waals surface area contributed by atoms with E-state index in [1.165, 1.54) is 25.5 Å². The van der Waals surface area contributed by atoms with Crippen molar-refractivity contribution in [2.45, 2.75) is 32.1 Å². The largest absolute Gasteiger partial charge is 0.440 e. The average molecular weight is 353 g/mol. The normalized spacial score (nSPS) is 33.5. The van der Waals surface area contributed by atoms with Crippen LogP contribution in [0.2, 0.25) is 0 Å². The first kappa shape index (κ1) is 15.9. The number of furan rings is 1. The molecule has 2 saturated heterocycles. The first-order chi connectivity index (χ1) is 12.7. The smallest absolute Gasteiger partial charge is 0.254 e. The van der Waals surface area contributed by atoms with Gasteiger partial charge < -0.3 is 9.32 Å². The molecule has 6 rings (SSSR count). The minimum atomic E-state index is -0.219. The number of fused-ring (bicyclic) bond motifs is 1. The molecule has 6 nitrogen and oxygen atoms in total. The Bertz CT molecular complexity index is 758. The van der Waals surface area contributed by atoms with Crippen LogP contribution in [0.15, 0.2) is 33.8 Å². The molecule has 1 aromatic rings. The Kier molecular flexibility index (Phi) is 3.72. The maximum absolute atomic E-state index is 12.7. The highest BCUT2D eigenvalue weighted by Crippen LogP contribution is 2.49. The molecule has 5 aliphatic rings. The second-order valence-electron chi connectivity index (χ2n) is 7.80. The van der Waals surface area contributed by atoms with Crippen LogP contribution in [0.4, 0.5) is 5.88 Å². The molecule has 2 aliphatic heterocycles. The summed E-state index contributed by atoms with van der Waals surface area (Å²) in [6.45, 7) is 2.01. The van der Waals surface area contributed by atoms with Crippen molar-refractivity contribution >= 4 is 23.9 Å². The maximum atomic E-state index is 12.7. The van der Waals surface area contributed by atoms with Gasteiger partial charge in [-0.1, -0.05) is 12.2 Å². The molecular weight excluding hydrogens is 330 g/mol. The van der Waals surface area contributed by atoms with E-state index in [1.54, 1.807) is 0 Å². The summed E-state index contributed by atoms with van der Waals surface area (Å²) in [7, 11) is 0. The number of anilines is 1. The van der Waals surface area contributed by atoms with Gasteiger partial charge >= 0.3 is 0 Å². The number of amides is 2. The number of hydrazone groups is 1. The lowest BCUT2D eigenvalue weighted by Crippen LogP contribution is -2.38. The molecule has 0 spiro atoms. The van der Waals surface area contributed by atoms with Gasteiger partial charge in [0.15, 0.2) is 5.88 Å². The quantitative estimate of drug-likeness (QED) is 0.476. The van der Waals surface area contributed by atoms with Crippen LogP contribution in [0.25, 0.3) is 0 Å².